The Morgan fingerprint density at radius 3 is 2.61 bits per heavy atom. The Kier molecular flexibility index (Phi) is 3.88. The van der Waals surface area contributed by atoms with Gasteiger partial charge < -0.3 is 9.47 Å². The number of hydrogen-bond acceptors (Lipinski definition) is 6. The highest BCUT2D eigenvalue weighted by Crippen LogP contribution is 2.19. The predicted molar refractivity (Wildman–Crippen MR) is 64.9 cm³/mol. The molecule has 0 N–H and O–H groups in total. The van der Waals surface area contributed by atoms with E-state index in [0.717, 1.165) is 0 Å². The Bertz CT molecular complexity index is 522. The monoisotopic (exact) mass is 266 g/mol. The largest absolute Gasteiger partial charge is 0.461 e. The second-order valence-corrected chi connectivity index (χ2v) is 3.97. The minimum absolute atomic E-state index is 0.0135. The average molecular weight is 267 g/mol. The van der Waals surface area contributed by atoms with Gasteiger partial charge in [-0.05, 0) is 37.6 Å². The standard InChI is InChI=1S/C11H11ClN4O2/c1-7(2)17-10-14-9(12)15-11(16-10)18-8-4-3-5-13-6-8/h3-7H,1-2H3. The molecule has 0 aliphatic carbocycles. The SMILES string of the molecule is CC(C)Oc1nc(Cl)nc(Oc2cccnc2)n1. The van der Waals surface area contributed by atoms with Crippen molar-refractivity contribution in [3.63, 3.8) is 0 Å². The smallest absolute Gasteiger partial charge is 0.329 e. The molecule has 2 aromatic rings. The van der Waals surface area contributed by atoms with Crippen LogP contribution in [0.5, 0.6) is 17.8 Å². The highest BCUT2D eigenvalue weighted by molar-refractivity contribution is 6.28. The molecule has 0 atom stereocenters. The van der Waals surface area contributed by atoms with Crippen molar-refractivity contribution in [3.8, 4) is 17.8 Å². The van der Waals surface area contributed by atoms with Gasteiger partial charge in [0.05, 0.1) is 12.3 Å². The molecule has 0 saturated heterocycles. The van der Waals surface area contributed by atoms with Gasteiger partial charge in [0.2, 0.25) is 5.28 Å². The van der Waals surface area contributed by atoms with Gasteiger partial charge in [-0.3, -0.25) is 4.98 Å². The van der Waals surface area contributed by atoms with E-state index in [0.29, 0.717) is 5.75 Å². The van der Waals surface area contributed by atoms with Crippen molar-refractivity contribution in [1.29, 1.82) is 0 Å². The maximum absolute atomic E-state index is 5.76. The van der Waals surface area contributed by atoms with Crippen molar-refractivity contribution in [2.24, 2.45) is 0 Å². The first-order valence-electron chi connectivity index (χ1n) is 5.29. The Morgan fingerprint density at radius 1 is 1.17 bits per heavy atom. The van der Waals surface area contributed by atoms with Gasteiger partial charge in [-0.1, -0.05) is 0 Å². The van der Waals surface area contributed by atoms with Crippen molar-refractivity contribution in [2.45, 2.75) is 20.0 Å². The fourth-order valence-corrected chi connectivity index (χ4v) is 1.28. The van der Waals surface area contributed by atoms with Crippen LogP contribution in [-0.2, 0) is 0 Å². The molecule has 0 fully saturated rings. The minimum Gasteiger partial charge on any atom is -0.461 e. The third-order valence-corrected chi connectivity index (χ3v) is 1.92. The van der Waals surface area contributed by atoms with Crippen molar-refractivity contribution < 1.29 is 9.47 Å². The van der Waals surface area contributed by atoms with Gasteiger partial charge in [0.1, 0.15) is 5.75 Å². The van der Waals surface area contributed by atoms with E-state index in [4.69, 9.17) is 21.1 Å². The van der Waals surface area contributed by atoms with Gasteiger partial charge in [-0.25, -0.2) is 0 Å². The van der Waals surface area contributed by atoms with Gasteiger partial charge in [-0.2, -0.15) is 9.97 Å². The van der Waals surface area contributed by atoms with Gasteiger partial charge in [0.15, 0.2) is 0 Å². The van der Waals surface area contributed by atoms with Crippen LogP contribution in [0, 0.1) is 0 Å². The highest BCUT2D eigenvalue weighted by atomic mass is 35.5. The molecule has 0 aromatic carbocycles. The molecular weight excluding hydrogens is 256 g/mol. The molecule has 2 rings (SSSR count). The average Bonchev–Trinajstić information content (AvgIpc) is 2.28. The summed E-state index contributed by atoms with van der Waals surface area (Å²) in [5.41, 5.74) is 0. The quantitative estimate of drug-likeness (QED) is 0.847. The van der Waals surface area contributed by atoms with Gasteiger partial charge in [-0.15, -0.1) is 4.98 Å². The highest BCUT2D eigenvalue weighted by Gasteiger charge is 2.09. The second kappa shape index (κ2) is 5.59. The molecule has 0 unspecified atom stereocenters. The Morgan fingerprint density at radius 2 is 1.94 bits per heavy atom. The molecule has 0 amide bonds. The number of pyridine rings is 1. The number of ether oxygens (including phenoxy) is 2. The lowest BCUT2D eigenvalue weighted by Gasteiger charge is -2.08. The van der Waals surface area contributed by atoms with Crippen LogP contribution in [0.2, 0.25) is 5.28 Å². The lowest BCUT2D eigenvalue weighted by Crippen LogP contribution is -2.09. The van der Waals surface area contributed by atoms with Crippen LogP contribution in [0.1, 0.15) is 13.8 Å². The van der Waals surface area contributed by atoms with E-state index < -0.39 is 0 Å². The Labute approximate surface area is 109 Å². The first kappa shape index (κ1) is 12.5. The van der Waals surface area contributed by atoms with E-state index in [1.165, 1.54) is 0 Å². The van der Waals surface area contributed by atoms with Crippen LogP contribution in [0.15, 0.2) is 24.5 Å². The Hall–Kier alpha value is -1.95. The molecule has 2 aromatic heterocycles. The molecular formula is C11H11ClN4O2. The minimum atomic E-state index is -0.0605. The second-order valence-electron chi connectivity index (χ2n) is 3.63. The van der Waals surface area contributed by atoms with E-state index in [-0.39, 0.29) is 23.4 Å². The van der Waals surface area contributed by atoms with Crippen molar-refractivity contribution in [3.05, 3.63) is 29.8 Å². The number of nitrogens with zero attached hydrogens (tertiary/aromatic N) is 4. The lowest BCUT2D eigenvalue weighted by molar-refractivity contribution is 0.218. The van der Waals surface area contributed by atoms with Crippen molar-refractivity contribution in [2.75, 3.05) is 0 Å². The summed E-state index contributed by atoms with van der Waals surface area (Å²) in [6.45, 7) is 3.72. The van der Waals surface area contributed by atoms with Crippen LogP contribution in [0.25, 0.3) is 0 Å². The van der Waals surface area contributed by atoms with Gasteiger partial charge in [0, 0.05) is 6.20 Å². The molecule has 2 heterocycles. The fourth-order valence-electron chi connectivity index (χ4n) is 1.14. The maximum Gasteiger partial charge on any atom is 0.329 e. The molecule has 0 saturated carbocycles. The Balaban J connectivity index is 2.20. The van der Waals surface area contributed by atoms with Gasteiger partial charge >= 0.3 is 12.0 Å². The summed E-state index contributed by atoms with van der Waals surface area (Å²) in [7, 11) is 0. The van der Waals surface area contributed by atoms with Gasteiger partial charge in [0.25, 0.3) is 0 Å². The molecule has 94 valence electrons. The number of aromatic nitrogens is 4. The molecule has 0 spiro atoms. The summed E-state index contributed by atoms with van der Waals surface area (Å²) in [5.74, 6) is 0.510. The maximum atomic E-state index is 5.76. The lowest BCUT2D eigenvalue weighted by atomic mass is 10.5. The zero-order valence-corrected chi connectivity index (χ0v) is 10.6. The predicted octanol–water partition coefficient (Wildman–Crippen LogP) is 2.50. The molecule has 0 radical (unpaired) electrons. The van der Waals surface area contributed by atoms with E-state index in [1.54, 1.807) is 24.5 Å². The van der Waals surface area contributed by atoms with Crippen molar-refractivity contribution in [1.82, 2.24) is 19.9 Å². The molecule has 18 heavy (non-hydrogen) atoms. The van der Waals surface area contributed by atoms with E-state index in [9.17, 15) is 0 Å². The molecule has 0 aliphatic heterocycles. The van der Waals surface area contributed by atoms with E-state index in [1.807, 2.05) is 13.8 Å². The number of hydrogen-bond donors (Lipinski definition) is 0. The summed E-state index contributed by atoms with van der Waals surface area (Å²) in [6, 6.07) is 3.67. The van der Waals surface area contributed by atoms with Crippen LogP contribution in [-0.4, -0.2) is 26.0 Å². The zero-order chi connectivity index (χ0) is 13.0. The van der Waals surface area contributed by atoms with Crippen LogP contribution < -0.4 is 9.47 Å². The first-order chi connectivity index (χ1) is 8.63. The number of rotatable bonds is 4. The fraction of sp³-hybridized carbons (Fsp3) is 0.273. The number of halogens is 1. The third-order valence-electron chi connectivity index (χ3n) is 1.75. The summed E-state index contributed by atoms with van der Waals surface area (Å²) in [5, 5.41) is 0.0135. The van der Waals surface area contributed by atoms with E-state index >= 15 is 0 Å². The molecule has 0 bridgehead atoms. The molecule has 6 nitrogen and oxygen atoms in total. The topological polar surface area (TPSA) is 70.0 Å². The summed E-state index contributed by atoms with van der Waals surface area (Å²) in [6.07, 6.45) is 3.12. The zero-order valence-electron chi connectivity index (χ0n) is 9.87. The van der Waals surface area contributed by atoms with Crippen molar-refractivity contribution >= 4 is 11.6 Å². The van der Waals surface area contributed by atoms with Crippen LogP contribution in [0.4, 0.5) is 0 Å². The summed E-state index contributed by atoms with van der Waals surface area (Å²) in [4.78, 5) is 15.6. The third kappa shape index (κ3) is 3.53. The first-order valence-corrected chi connectivity index (χ1v) is 5.67. The van der Waals surface area contributed by atoms with Crippen LogP contribution in [0.3, 0.4) is 0 Å². The normalized spacial score (nSPS) is 10.4. The molecule has 7 heteroatoms. The van der Waals surface area contributed by atoms with Crippen LogP contribution >= 0.6 is 11.6 Å². The molecule has 0 aliphatic rings. The summed E-state index contributed by atoms with van der Waals surface area (Å²) >= 11 is 5.76. The van der Waals surface area contributed by atoms with E-state index in [2.05, 4.69) is 19.9 Å². The summed E-state index contributed by atoms with van der Waals surface area (Å²) < 4.78 is 10.7.